The summed E-state index contributed by atoms with van der Waals surface area (Å²) in [6, 6.07) is 0. The Kier molecular flexibility index (Phi) is 2.65. The number of carbonyl (C=O) groups is 1. The van der Waals surface area contributed by atoms with Crippen LogP contribution in [0.25, 0.3) is 0 Å². The van der Waals surface area contributed by atoms with Gasteiger partial charge in [0.15, 0.2) is 0 Å². The molecule has 0 radical (unpaired) electrons. The molecule has 0 spiro atoms. The molecule has 0 bridgehead atoms. The lowest BCUT2D eigenvalue weighted by Gasteiger charge is -2.25. The number of rotatable bonds is 2. The number of hydrogen-bond donors (Lipinski definition) is 2. The molecule has 0 aromatic heterocycles. The standard InChI is InChI=1S/C6H12N2O2/c9-6(10)5-8-4-2-1-3-7-8/h7H,1-5H2,(H,9,10). The zero-order chi connectivity index (χ0) is 7.40. The van der Waals surface area contributed by atoms with Gasteiger partial charge < -0.3 is 5.11 Å². The highest BCUT2D eigenvalue weighted by molar-refractivity contribution is 5.68. The molecule has 1 fully saturated rings. The lowest BCUT2D eigenvalue weighted by molar-refractivity contribution is -0.139. The van der Waals surface area contributed by atoms with Crippen molar-refractivity contribution in [1.29, 1.82) is 0 Å². The maximum atomic E-state index is 10.2. The van der Waals surface area contributed by atoms with Crippen molar-refractivity contribution in [3.63, 3.8) is 0 Å². The number of carboxylic acids is 1. The van der Waals surface area contributed by atoms with Crippen LogP contribution in [-0.2, 0) is 4.79 Å². The molecule has 1 heterocycles. The second-order valence-corrected chi connectivity index (χ2v) is 2.43. The third-order valence-electron chi connectivity index (χ3n) is 1.52. The van der Waals surface area contributed by atoms with E-state index in [1.54, 1.807) is 5.01 Å². The summed E-state index contributed by atoms with van der Waals surface area (Å²) in [5.74, 6) is -0.769. The van der Waals surface area contributed by atoms with Crippen LogP contribution in [0.4, 0.5) is 0 Å². The first kappa shape index (κ1) is 7.50. The van der Waals surface area contributed by atoms with Gasteiger partial charge in [0.1, 0.15) is 6.54 Å². The first-order valence-electron chi connectivity index (χ1n) is 3.49. The maximum Gasteiger partial charge on any atom is 0.319 e. The molecular weight excluding hydrogens is 132 g/mol. The van der Waals surface area contributed by atoms with E-state index in [1.165, 1.54) is 0 Å². The van der Waals surface area contributed by atoms with Crippen molar-refractivity contribution in [2.45, 2.75) is 12.8 Å². The van der Waals surface area contributed by atoms with E-state index in [4.69, 9.17) is 5.11 Å². The van der Waals surface area contributed by atoms with Crippen LogP contribution >= 0.6 is 0 Å². The van der Waals surface area contributed by atoms with Gasteiger partial charge in [-0.05, 0) is 12.8 Å². The molecule has 0 atom stereocenters. The van der Waals surface area contributed by atoms with Crippen LogP contribution < -0.4 is 5.43 Å². The maximum absolute atomic E-state index is 10.2. The minimum atomic E-state index is -0.769. The Labute approximate surface area is 59.8 Å². The Morgan fingerprint density at radius 3 is 2.90 bits per heavy atom. The van der Waals surface area contributed by atoms with Gasteiger partial charge in [0, 0.05) is 13.1 Å². The lowest BCUT2D eigenvalue weighted by atomic mass is 10.3. The topological polar surface area (TPSA) is 52.6 Å². The zero-order valence-corrected chi connectivity index (χ0v) is 5.84. The van der Waals surface area contributed by atoms with Crippen LogP contribution in [0, 0.1) is 0 Å². The first-order valence-corrected chi connectivity index (χ1v) is 3.49. The van der Waals surface area contributed by atoms with Crippen molar-refractivity contribution in [3.8, 4) is 0 Å². The van der Waals surface area contributed by atoms with E-state index in [9.17, 15) is 4.79 Å². The highest BCUT2D eigenvalue weighted by Gasteiger charge is 2.11. The largest absolute Gasteiger partial charge is 0.480 e. The Bertz CT molecular complexity index is 121. The molecule has 1 saturated heterocycles. The van der Waals surface area contributed by atoms with E-state index >= 15 is 0 Å². The molecule has 1 rings (SSSR count). The van der Waals surface area contributed by atoms with Gasteiger partial charge in [0.25, 0.3) is 0 Å². The predicted octanol–water partition coefficient (Wildman–Crippen LogP) is -0.329. The van der Waals surface area contributed by atoms with Gasteiger partial charge in [-0.15, -0.1) is 0 Å². The van der Waals surface area contributed by atoms with E-state index in [0.717, 1.165) is 25.9 Å². The van der Waals surface area contributed by atoms with Crippen molar-refractivity contribution in [2.24, 2.45) is 0 Å². The molecule has 0 aliphatic carbocycles. The first-order chi connectivity index (χ1) is 4.79. The van der Waals surface area contributed by atoms with Gasteiger partial charge in [-0.1, -0.05) is 0 Å². The molecule has 0 aromatic rings. The number of aliphatic carboxylic acids is 1. The molecule has 1 aliphatic rings. The van der Waals surface area contributed by atoms with Gasteiger partial charge in [-0.2, -0.15) is 0 Å². The van der Waals surface area contributed by atoms with Crippen LogP contribution in [0.15, 0.2) is 0 Å². The number of hydrogen-bond acceptors (Lipinski definition) is 3. The number of nitrogens with one attached hydrogen (secondary N) is 1. The predicted molar refractivity (Wildman–Crippen MR) is 36.4 cm³/mol. The SMILES string of the molecule is O=C(O)CN1CCCCN1. The Morgan fingerprint density at radius 2 is 2.40 bits per heavy atom. The monoisotopic (exact) mass is 144 g/mol. The van der Waals surface area contributed by atoms with Crippen molar-refractivity contribution in [3.05, 3.63) is 0 Å². The molecule has 2 N–H and O–H groups in total. The summed E-state index contributed by atoms with van der Waals surface area (Å²) in [4.78, 5) is 10.2. The average molecular weight is 144 g/mol. The van der Waals surface area contributed by atoms with Crippen molar-refractivity contribution < 1.29 is 9.90 Å². The molecule has 58 valence electrons. The summed E-state index contributed by atoms with van der Waals surface area (Å²) in [5.41, 5.74) is 3.00. The second-order valence-electron chi connectivity index (χ2n) is 2.43. The Balaban J connectivity index is 2.19. The third kappa shape index (κ3) is 2.33. The van der Waals surface area contributed by atoms with Gasteiger partial charge in [0.05, 0.1) is 0 Å². The van der Waals surface area contributed by atoms with Gasteiger partial charge in [0.2, 0.25) is 0 Å². The minimum Gasteiger partial charge on any atom is -0.480 e. The molecule has 0 amide bonds. The van der Waals surface area contributed by atoms with Gasteiger partial charge in [-0.3, -0.25) is 10.2 Å². The minimum absolute atomic E-state index is 0.111. The molecule has 4 heteroatoms. The van der Waals surface area contributed by atoms with Crippen molar-refractivity contribution in [2.75, 3.05) is 19.6 Å². The summed E-state index contributed by atoms with van der Waals surface area (Å²) in [6.45, 7) is 1.87. The summed E-state index contributed by atoms with van der Waals surface area (Å²) in [6.07, 6.45) is 2.25. The van der Waals surface area contributed by atoms with Gasteiger partial charge in [-0.25, -0.2) is 5.01 Å². The fourth-order valence-electron chi connectivity index (χ4n) is 1.04. The smallest absolute Gasteiger partial charge is 0.319 e. The zero-order valence-electron chi connectivity index (χ0n) is 5.84. The van der Waals surface area contributed by atoms with Crippen molar-refractivity contribution in [1.82, 2.24) is 10.4 Å². The fraction of sp³-hybridized carbons (Fsp3) is 0.833. The van der Waals surface area contributed by atoms with E-state index in [0.29, 0.717) is 0 Å². The van der Waals surface area contributed by atoms with E-state index < -0.39 is 5.97 Å². The molecule has 4 nitrogen and oxygen atoms in total. The number of nitrogens with zero attached hydrogens (tertiary/aromatic N) is 1. The Morgan fingerprint density at radius 1 is 1.60 bits per heavy atom. The molecule has 0 saturated carbocycles. The summed E-state index contributed by atoms with van der Waals surface area (Å²) in [7, 11) is 0. The molecule has 10 heavy (non-hydrogen) atoms. The van der Waals surface area contributed by atoms with Crippen LogP contribution in [0.3, 0.4) is 0 Å². The quantitative estimate of drug-likeness (QED) is 0.557. The summed E-state index contributed by atoms with van der Waals surface area (Å²) in [5, 5.41) is 10.1. The van der Waals surface area contributed by atoms with E-state index in [1.807, 2.05) is 0 Å². The highest BCUT2D eigenvalue weighted by atomic mass is 16.4. The average Bonchev–Trinajstić information content (AvgIpc) is 1.88. The van der Waals surface area contributed by atoms with E-state index in [-0.39, 0.29) is 6.54 Å². The van der Waals surface area contributed by atoms with Crippen LogP contribution in [0.2, 0.25) is 0 Å². The fourth-order valence-corrected chi connectivity index (χ4v) is 1.04. The molecule has 1 aliphatic heterocycles. The Hall–Kier alpha value is -0.610. The van der Waals surface area contributed by atoms with Crippen LogP contribution in [0.5, 0.6) is 0 Å². The number of carboxylic acid groups (broad SMARTS) is 1. The number of hydrazine groups is 1. The summed E-state index contributed by atoms with van der Waals surface area (Å²) < 4.78 is 0. The second kappa shape index (κ2) is 3.53. The third-order valence-corrected chi connectivity index (χ3v) is 1.52. The van der Waals surface area contributed by atoms with Crippen LogP contribution in [-0.4, -0.2) is 35.7 Å². The molecule has 0 unspecified atom stereocenters. The van der Waals surface area contributed by atoms with Crippen molar-refractivity contribution >= 4 is 5.97 Å². The molecule has 0 aromatic carbocycles. The highest BCUT2D eigenvalue weighted by Crippen LogP contribution is 1.97. The lowest BCUT2D eigenvalue weighted by Crippen LogP contribution is -2.45. The normalized spacial score (nSPS) is 20.8. The van der Waals surface area contributed by atoms with Gasteiger partial charge >= 0.3 is 5.97 Å². The molecular formula is C6H12N2O2. The summed E-state index contributed by atoms with van der Waals surface area (Å²) >= 11 is 0. The van der Waals surface area contributed by atoms with Crippen LogP contribution in [0.1, 0.15) is 12.8 Å². The van der Waals surface area contributed by atoms with E-state index in [2.05, 4.69) is 5.43 Å².